The molecule has 3 aromatic rings. The maximum atomic E-state index is 5.60. The van der Waals surface area contributed by atoms with Gasteiger partial charge in [-0.3, -0.25) is 4.98 Å². The normalized spacial score (nSPS) is 16.1. The first kappa shape index (κ1) is 12.1. The molecule has 0 aliphatic heterocycles. The van der Waals surface area contributed by atoms with Crippen molar-refractivity contribution >= 4 is 22.8 Å². The van der Waals surface area contributed by atoms with Gasteiger partial charge in [0.25, 0.3) is 0 Å². The standard InChI is InChI=1S/C16H14N4O/c1-2-9-14-12(7-1)18-16(21-14)20-19-13-8-3-5-11-6-4-10-17-15(11)13/h1-2,4,6-7,9-10H,3,5,8H2,(H,18,20). The number of aryl methyl sites for hydroxylation is 1. The van der Waals surface area contributed by atoms with E-state index in [2.05, 4.69) is 26.6 Å². The van der Waals surface area contributed by atoms with Crippen molar-refractivity contribution in [3.63, 3.8) is 0 Å². The lowest BCUT2D eigenvalue weighted by molar-refractivity contribution is 0.616. The Morgan fingerprint density at radius 1 is 1.10 bits per heavy atom. The molecular formula is C16H14N4O. The summed E-state index contributed by atoms with van der Waals surface area (Å²) in [5.74, 6) is 0. The summed E-state index contributed by atoms with van der Waals surface area (Å²) in [5, 5.41) is 4.44. The first-order valence-corrected chi connectivity index (χ1v) is 7.02. The Balaban J connectivity index is 1.64. The van der Waals surface area contributed by atoms with Crippen LogP contribution < -0.4 is 5.43 Å². The molecule has 0 saturated carbocycles. The summed E-state index contributed by atoms with van der Waals surface area (Å²) in [6.07, 6.45) is 4.87. The van der Waals surface area contributed by atoms with Gasteiger partial charge in [0.1, 0.15) is 5.52 Å². The average Bonchev–Trinajstić information content (AvgIpc) is 2.96. The highest BCUT2D eigenvalue weighted by atomic mass is 16.4. The lowest BCUT2D eigenvalue weighted by atomic mass is 9.95. The van der Waals surface area contributed by atoms with Crippen molar-refractivity contribution in [3.8, 4) is 0 Å². The molecule has 0 bridgehead atoms. The van der Waals surface area contributed by atoms with E-state index in [9.17, 15) is 0 Å². The molecule has 1 aliphatic carbocycles. The first-order valence-electron chi connectivity index (χ1n) is 7.02. The summed E-state index contributed by atoms with van der Waals surface area (Å²) >= 11 is 0. The van der Waals surface area contributed by atoms with Crippen LogP contribution in [-0.4, -0.2) is 15.7 Å². The van der Waals surface area contributed by atoms with Crippen LogP contribution in [0.15, 0.2) is 52.1 Å². The molecule has 5 nitrogen and oxygen atoms in total. The largest absolute Gasteiger partial charge is 0.422 e. The molecular weight excluding hydrogens is 264 g/mol. The molecule has 2 aromatic heterocycles. The maximum Gasteiger partial charge on any atom is 0.316 e. The van der Waals surface area contributed by atoms with E-state index in [-0.39, 0.29) is 0 Å². The van der Waals surface area contributed by atoms with Gasteiger partial charge in [-0.05, 0) is 43.0 Å². The minimum absolute atomic E-state index is 0.409. The summed E-state index contributed by atoms with van der Waals surface area (Å²) < 4.78 is 5.60. The lowest BCUT2D eigenvalue weighted by Gasteiger charge is -2.15. The van der Waals surface area contributed by atoms with Crippen LogP contribution in [0.25, 0.3) is 11.1 Å². The molecule has 4 rings (SSSR count). The quantitative estimate of drug-likeness (QED) is 0.730. The predicted molar refractivity (Wildman–Crippen MR) is 81.3 cm³/mol. The van der Waals surface area contributed by atoms with Gasteiger partial charge in [0.2, 0.25) is 0 Å². The zero-order valence-corrected chi connectivity index (χ0v) is 11.4. The second-order valence-corrected chi connectivity index (χ2v) is 5.02. The Bertz CT molecular complexity index is 789. The third-order valence-electron chi connectivity index (χ3n) is 3.60. The van der Waals surface area contributed by atoms with Gasteiger partial charge in [-0.25, -0.2) is 5.43 Å². The zero-order chi connectivity index (χ0) is 14.1. The summed E-state index contributed by atoms with van der Waals surface area (Å²) in [7, 11) is 0. The molecule has 5 heteroatoms. The van der Waals surface area contributed by atoms with Crippen LogP contribution in [0.3, 0.4) is 0 Å². The second-order valence-electron chi connectivity index (χ2n) is 5.02. The molecule has 0 fully saturated rings. The molecule has 0 atom stereocenters. The summed E-state index contributed by atoms with van der Waals surface area (Å²) in [5.41, 5.74) is 7.68. The number of nitrogens with one attached hydrogen (secondary N) is 1. The smallest absolute Gasteiger partial charge is 0.316 e. The van der Waals surface area contributed by atoms with Gasteiger partial charge in [0, 0.05) is 6.20 Å². The van der Waals surface area contributed by atoms with Crippen LogP contribution in [-0.2, 0) is 6.42 Å². The number of hydrogen-bond acceptors (Lipinski definition) is 5. The van der Waals surface area contributed by atoms with Crippen LogP contribution in [0.2, 0.25) is 0 Å². The highest BCUT2D eigenvalue weighted by Gasteiger charge is 2.16. The van der Waals surface area contributed by atoms with Crippen molar-refractivity contribution in [2.24, 2.45) is 5.10 Å². The molecule has 2 heterocycles. The number of rotatable bonds is 2. The monoisotopic (exact) mass is 278 g/mol. The minimum Gasteiger partial charge on any atom is -0.422 e. The number of anilines is 1. The Hall–Kier alpha value is -2.69. The molecule has 0 amide bonds. The molecule has 0 unspecified atom stereocenters. The van der Waals surface area contributed by atoms with Gasteiger partial charge in [0.15, 0.2) is 5.58 Å². The number of pyridine rings is 1. The summed E-state index contributed by atoms with van der Waals surface area (Å²) in [6, 6.07) is 12.1. The van der Waals surface area contributed by atoms with E-state index in [0.29, 0.717) is 6.01 Å². The molecule has 0 radical (unpaired) electrons. The van der Waals surface area contributed by atoms with Gasteiger partial charge in [-0.1, -0.05) is 18.2 Å². The zero-order valence-electron chi connectivity index (χ0n) is 11.4. The fraction of sp³-hybridized carbons (Fsp3) is 0.188. The Labute approximate surface area is 121 Å². The average molecular weight is 278 g/mol. The van der Waals surface area contributed by atoms with Gasteiger partial charge < -0.3 is 4.42 Å². The van der Waals surface area contributed by atoms with Crippen LogP contribution in [0, 0.1) is 0 Å². The molecule has 0 spiro atoms. The molecule has 21 heavy (non-hydrogen) atoms. The van der Waals surface area contributed by atoms with Gasteiger partial charge >= 0.3 is 6.01 Å². The van der Waals surface area contributed by atoms with Crippen molar-refractivity contribution in [1.82, 2.24) is 9.97 Å². The highest BCUT2D eigenvalue weighted by molar-refractivity contribution is 6.01. The summed E-state index contributed by atoms with van der Waals surface area (Å²) in [4.78, 5) is 8.78. The van der Waals surface area contributed by atoms with E-state index in [4.69, 9.17) is 4.42 Å². The van der Waals surface area contributed by atoms with Crippen molar-refractivity contribution < 1.29 is 4.42 Å². The molecule has 0 saturated heterocycles. The molecule has 1 aliphatic rings. The van der Waals surface area contributed by atoms with E-state index >= 15 is 0 Å². The van der Waals surface area contributed by atoms with Crippen LogP contribution >= 0.6 is 0 Å². The van der Waals surface area contributed by atoms with Crippen LogP contribution in [0.4, 0.5) is 6.01 Å². The Kier molecular flexibility index (Phi) is 2.88. The van der Waals surface area contributed by atoms with Gasteiger partial charge in [-0.15, -0.1) is 0 Å². The number of hydrogen-bond donors (Lipinski definition) is 1. The van der Waals surface area contributed by atoms with Crippen LogP contribution in [0.5, 0.6) is 0 Å². The second kappa shape index (κ2) is 5.01. The van der Waals surface area contributed by atoms with Crippen molar-refractivity contribution in [3.05, 3.63) is 53.9 Å². The van der Waals surface area contributed by atoms with Gasteiger partial charge in [-0.2, -0.15) is 10.1 Å². The number of fused-ring (bicyclic) bond motifs is 2. The third-order valence-corrected chi connectivity index (χ3v) is 3.60. The maximum absolute atomic E-state index is 5.60. The van der Waals surface area contributed by atoms with E-state index in [1.165, 1.54) is 5.56 Å². The van der Waals surface area contributed by atoms with Crippen molar-refractivity contribution in [1.29, 1.82) is 0 Å². The topological polar surface area (TPSA) is 63.3 Å². The summed E-state index contributed by atoms with van der Waals surface area (Å²) in [6.45, 7) is 0. The lowest BCUT2D eigenvalue weighted by Crippen LogP contribution is -2.15. The van der Waals surface area contributed by atoms with Crippen molar-refractivity contribution in [2.45, 2.75) is 19.3 Å². The van der Waals surface area contributed by atoms with E-state index in [0.717, 1.165) is 41.8 Å². The SMILES string of the molecule is c1cnc2c(c1)CCCC2=NNc1nc2ccccc2o1. The first-order chi connectivity index (χ1) is 10.4. The van der Waals surface area contributed by atoms with E-state index in [1.807, 2.05) is 30.3 Å². The minimum atomic E-state index is 0.409. The number of oxazole rings is 1. The molecule has 104 valence electrons. The number of hydrazone groups is 1. The van der Waals surface area contributed by atoms with E-state index in [1.54, 1.807) is 6.20 Å². The van der Waals surface area contributed by atoms with Gasteiger partial charge in [0.05, 0.1) is 11.4 Å². The fourth-order valence-electron chi connectivity index (χ4n) is 2.61. The van der Waals surface area contributed by atoms with E-state index < -0.39 is 0 Å². The number of benzene rings is 1. The number of aromatic nitrogens is 2. The van der Waals surface area contributed by atoms with Crippen molar-refractivity contribution in [2.75, 3.05) is 5.43 Å². The highest BCUT2D eigenvalue weighted by Crippen LogP contribution is 2.21. The molecule has 1 N–H and O–H groups in total. The number of nitrogens with zero attached hydrogens (tertiary/aromatic N) is 3. The fourth-order valence-corrected chi connectivity index (χ4v) is 2.61. The Morgan fingerprint density at radius 3 is 3.00 bits per heavy atom. The Morgan fingerprint density at radius 2 is 2.05 bits per heavy atom. The number of para-hydroxylation sites is 2. The molecule has 1 aromatic carbocycles. The third kappa shape index (κ3) is 2.27. The van der Waals surface area contributed by atoms with Crippen LogP contribution in [0.1, 0.15) is 24.1 Å². The predicted octanol–water partition coefficient (Wildman–Crippen LogP) is 3.38.